The summed E-state index contributed by atoms with van der Waals surface area (Å²) in [6, 6.07) is 0.456. The first-order chi connectivity index (χ1) is 9.49. The zero-order valence-electron chi connectivity index (χ0n) is 13.5. The van der Waals surface area contributed by atoms with E-state index in [1.54, 1.807) is 0 Å². The fourth-order valence-corrected chi connectivity index (χ4v) is 3.13. The van der Waals surface area contributed by atoms with E-state index in [0.29, 0.717) is 6.04 Å². The van der Waals surface area contributed by atoms with E-state index in [2.05, 4.69) is 36.3 Å². The number of ether oxygens (including phenoxy) is 1. The Morgan fingerprint density at radius 1 is 1.48 bits per heavy atom. The summed E-state index contributed by atoms with van der Waals surface area (Å²) in [6.45, 7) is 11.7. The Kier molecular flexibility index (Phi) is 7.40. The lowest BCUT2D eigenvalue weighted by molar-refractivity contribution is -0.126. The van der Waals surface area contributed by atoms with Gasteiger partial charge >= 0.3 is 0 Å². The highest BCUT2D eigenvalue weighted by molar-refractivity contribution is 5.85. The molecule has 0 bridgehead atoms. The van der Waals surface area contributed by atoms with Crippen LogP contribution in [0.5, 0.6) is 0 Å². The first-order valence-corrected chi connectivity index (χ1v) is 7.83. The normalized spacial score (nSPS) is 29.5. The maximum atomic E-state index is 12.2. The molecule has 0 aliphatic carbocycles. The van der Waals surface area contributed by atoms with Gasteiger partial charge in [0.1, 0.15) is 0 Å². The zero-order valence-corrected chi connectivity index (χ0v) is 14.3. The molecule has 2 aliphatic rings. The van der Waals surface area contributed by atoms with Crippen molar-refractivity contribution >= 4 is 18.3 Å². The monoisotopic (exact) mass is 319 g/mol. The van der Waals surface area contributed by atoms with Crippen molar-refractivity contribution in [2.24, 2.45) is 5.92 Å². The molecule has 2 aliphatic heterocycles. The Morgan fingerprint density at radius 2 is 2.24 bits per heavy atom. The van der Waals surface area contributed by atoms with Crippen molar-refractivity contribution in [1.29, 1.82) is 0 Å². The number of hydrogen-bond acceptors (Lipinski definition) is 4. The summed E-state index contributed by atoms with van der Waals surface area (Å²) >= 11 is 0. The lowest BCUT2D eigenvalue weighted by atomic mass is 9.92. The molecule has 0 saturated carbocycles. The molecule has 0 aromatic heterocycles. The molecular formula is C15H30ClN3O2. The summed E-state index contributed by atoms with van der Waals surface area (Å²) in [4.78, 5) is 14.6. The second-order valence-electron chi connectivity index (χ2n) is 6.72. The zero-order chi connectivity index (χ0) is 14.6. The largest absolute Gasteiger partial charge is 0.378 e. The van der Waals surface area contributed by atoms with Gasteiger partial charge in [-0.1, -0.05) is 0 Å². The van der Waals surface area contributed by atoms with Crippen LogP contribution < -0.4 is 10.6 Å². The summed E-state index contributed by atoms with van der Waals surface area (Å²) in [6.07, 6.45) is 1.91. The fraction of sp³-hybridized carbons (Fsp3) is 0.933. The third-order valence-electron chi connectivity index (χ3n) is 4.49. The molecule has 2 atom stereocenters. The van der Waals surface area contributed by atoms with Gasteiger partial charge in [-0.2, -0.15) is 0 Å². The number of amides is 1. The molecule has 2 N–H and O–H groups in total. The van der Waals surface area contributed by atoms with Crippen LogP contribution in [-0.4, -0.2) is 61.8 Å². The standard InChI is InChI=1S/C15H29N3O2.ClH/c1-12-10-13(4-5-16-12)14(19)17-6-7-18-8-9-20-11-15(18,2)3;/h12-13,16H,4-11H2,1-3H3,(H,17,19);1H/t12-,13-;/m0./s1. The Hall–Kier alpha value is -0.360. The van der Waals surface area contributed by atoms with E-state index in [1.807, 2.05) is 0 Å². The Labute approximate surface area is 134 Å². The minimum atomic E-state index is 0. The number of carbonyl (C=O) groups excluding carboxylic acids is 1. The van der Waals surface area contributed by atoms with Crippen molar-refractivity contribution < 1.29 is 9.53 Å². The number of nitrogens with one attached hydrogen (secondary N) is 2. The van der Waals surface area contributed by atoms with Crippen LogP contribution in [0.4, 0.5) is 0 Å². The topological polar surface area (TPSA) is 53.6 Å². The molecule has 1 amide bonds. The van der Waals surface area contributed by atoms with Crippen LogP contribution in [0.3, 0.4) is 0 Å². The highest BCUT2D eigenvalue weighted by Gasteiger charge is 2.30. The molecule has 2 saturated heterocycles. The molecule has 21 heavy (non-hydrogen) atoms. The lowest BCUT2D eigenvalue weighted by Gasteiger charge is -2.42. The summed E-state index contributed by atoms with van der Waals surface area (Å²) < 4.78 is 5.51. The van der Waals surface area contributed by atoms with Crippen molar-refractivity contribution in [1.82, 2.24) is 15.5 Å². The van der Waals surface area contributed by atoms with Gasteiger partial charge in [-0.3, -0.25) is 9.69 Å². The average Bonchev–Trinajstić information content (AvgIpc) is 2.40. The second-order valence-corrected chi connectivity index (χ2v) is 6.72. The van der Waals surface area contributed by atoms with Crippen LogP contribution in [0.2, 0.25) is 0 Å². The number of carbonyl (C=O) groups is 1. The molecule has 5 nitrogen and oxygen atoms in total. The van der Waals surface area contributed by atoms with Gasteiger partial charge in [-0.25, -0.2) is 0 Å². The maximum absolute atomic E-state index is 12.2. The van der Waals surface area contributed by atoms with Crippen molar-refractivity contribution in [3.8, 4) is 0 Å². The highest BCUT2D eigenvalue weighted by Crippen LogP contribution is 2.18. The summed E-state index contributed by atoms with van der Waals surface area (Å²) in [7, 11) is 0. The van der Waals surface area contributed by atoms with Crippen LogP contribution >= 0.6 is 12.4 Å². The Bertz CT molecular complexity index is 339. The summed E-state index contributed by atoms with van der Waals surface area (Å²) in [5.41, 5.74) is 0.0756. The van der Waals surface area contributed by atoms with Gasteiger partial charge in [0.2, 0.25) is 5.91 Å². The van der Waals surface area contributed by atoms with Gasteiger partial charge in [0, 0.05) is 37.1 Å². The van der Waals surface area contributed by atoms with Gasteiger partial charge in [-0.05, 0) is 40.2 Å². The number of hydrogen-bond donors (Lipinski definition) is 2. The molecule has 0 aromatic carbocycles. The molecule has 6 heteroatoms. The number of morpholine rings is 1. The molecule has 0 spiro atoms. The Morgan fingerprint density at radius 3 is 2.90 bits per heavy atom. The van der Waals surface area contributed by atoms with Crippen LogP contribution in [0.25, 0.3) is 0 Å². The first-order valence-electron chi connectivity index (χ1n) is 7.83. The molecule has 2 rings (SSSR count). The van der Waals surface area contributed by atoms with E-state index < -0.39 is 0 Å². The Balaban J connectivity index is 0.00000220. The lowest BCUT2D eigenvalue weighted by Crippen LogP contribution is -2.55. The SMILES string of the molecule is C[C@H]1C[C@@H](C(=O)NCCN2CCOCC2(C)C)CCN1.Cl. The van der Waals surface area contributed by atoms with Crippen molar-refractivity contribution in [3.05, 3.63) is 0 Å². The average molecular weight is 320 g/mol. The molecule has 2 heterocycles. The van der Waals surface area contributed by atoms with E-state index in [0.717, 1.165) is 52.2 Å². The number of rotatable bonds is 4. The third-order valence-corrected chi connectivity index (χ3v) is 4.49. The first kappa shape index (κ1) is 18.7. The molecule has 2 fully saturated rings. The summed E-state index contributed by atoms with van der Waals surface area (Å²) in [5.74, 6) is 0.411. The van der Waals surface area contributed by atoms with Crippen LogP contribution in [0, 0.1) is 5.92 Å². The quantitative estimate of drug-likeness (QED) is 0.812. The van der Waals surface area contributed by atoms with Crippen molar-refractivity contribution in [3.63, 3.8) is 0 Å². The second kappa shape index (κ2) is 8.32. The van der Waals surface area contributed by atoms with E-state index in [9.17, 15) is 4.79 Å². The van der Waals surface area contributed by atoms with Gasteiger partial charge in [0.05, 0.1) is 13.2 Å². The molecule has 0 radical (unpaired) electrons. The molecule has 124 valence electrons. The fourth-order valence-electron chi connectivity index (χ4n) is 3.13. The minimum Gasteiger partial charge on any atom is -0.378 e. The molecule has 0 unspecified atom stereocenters. The van der Waals surface area contributed by atoms with Gasteiger partial charge < -0.3 is 15.4 Å². The third kappa shape index (κ3) is 5.40. The van der Waals surface area contributed by atoms with Gasteiger partial charge in [0.25, 0.3) is 0 Å². The van der Waals surface area contributed by atoms with E-state index in [4.69, 9.17) is 4.74 Å². The van der Waals surface area contributed by atoms with Gasteiger partial charge in [-0.15, -0.1) is 12.4 Å². The molecular weight excluding hydrogens is 290 g/mol. The highest BCUT2D eigenvalue weighted by atomic mass is 35.5. The minimum absolute atomic E-state index is 0. The number of piperidine rings is 1. The smallest absolute Gasteiger partial charge is 0.223 e. The number of halogens is 1. The van der Waals surface area contributed by atoms with Crippen molar-refractivity contribution in [2.75, 3.05) is 39.4 Å². The van der Waals surface area contributed by atoms with E-state index >= 15 is 0 Å². The van der Waals surface area contributed by atoms with Crippen LogP contribution in [0.1, 0.15) is 33.6 Å². The van der Waals surface area contributed by atoms with Gasteiger partial charge in [0.15, 0.2) is 0 Å². The molecule has 0 aromatic rings. The maximum Gasteiger partial charge on any atom is 0.223 e. The van der Waals surface area contributed by atoms with Crippen LogP contribution in [0.15, 0.2) is 0 Å². The predicted molar refractivity (Wildman–Crippen MR) is 86.9 cm³/mol. The number of nitrogens with zero attached hydrogens (tertiary/aromatic N) is 1. The summed E-state index contributed by atoms with van der Waals surface area (Å²) in [5, 5.41) is 6.49. The van der Waals surface area contributed by atoms with E-state index in [1.165, 1.54) is 0 Å². The predicted octanol–water partition coefficient (Wildman–Crippen LogP) is 1.02. The van der Waals surface area contributed by atoms with Crippen LogP contribution in [-0.2, 0) is 9.53 Å². The van der Waals surface area contributed by atoms with E-state index in [-0.39, 0.29) is 29.8 Å². The van der Waals surface area contributed by atoms with Crippen molar-refractivity contribution in [2.45, 2.75) is 45.2 Å².